The third-order valence-electron chi connectivity index (χ3n) is 2.91. The lowest BCUT2D eigenvalue weighted by atomic mass is 10.1. The number of amides is 2. The summed E-state index contributed by atoms with van der Waals surface area (Å²) in [5.74, 6) is 6.02. The Kier molecular flexibility index (Phi) is 4.71. The summed E-state index contributed by atoms with van der Waals surface area (Å²) in [5, 5.41) is 5.47. The number of nitrogens with one attached hydrogen (secondary N) is 2. The monoisotopic (exact) mass is 300 g/mol. The van der Waals surface area contributed by atoms with Gasteiger partial charge in [0.05, 0.1) is 12.1 Å². The Morgan fingerprint density at radius 3 is 2.91 bits per heavy atom. The van der Waals surface area contributed by atoms with Crippen LogP contribution in [0.4, 0.5) is 10.5 Å². The van der Waals surface area contributed by atoms with Gasteiger partial charge in [-0.2, -0.15) is 0 Å². The highest BCUT2D eigenvalue weighted by atomic mass is 16.6. The average Bonchev–Trinajstić information content (AvgIpc) is 2.77. The van der Waals surface area contributed by atoms with Crippen molar-refractivity contribution in [3.8, 4) is 11.8 Å². The van der Waals surface area contributed by atoms with E-state index in [2.05, 4.69) is 22.5 Å². The Hall–Kier alpha value is -2.48. The fourth-order valence-electron chi connectivity index (χ4n) is 2.05. The normalized spacial score (nSPS) is 12.8. The van der Waals surface area contributed by atoms with Crippen molar-refractivity contribution in [1.29, 1.82) is 0 Å². The van der Waals surface area contributed by atoms with Crippen molar-refractivity contribution in [2.24, 2.45) is 0 Å². The summed E-state index contributed by atoms with van der Waals surface area (Å²) in [6.07, 6.45) is 0.476. The van der Waals surface area contributed by atoms with Gasteiger partial charge in [-0.15, -0.1) is 0 Å². The molecule has 116 valence electrons. The van der Waals surface area contributed by atoms with Crippen LogP contribution in [-0.4, -0.2) is 24.1 Å². The minimum absolute atomic E-state index is 0.00385. The second-order valence-corrected chi connectivity index (χ2v) is 6.05. The summed E-state index contributed by atoms with van der Waals surface area (Å²) in [5.41, 5.74) is 2.09. The van der Waals surface area contributed by atoms with Crippen LogP contribution in [-0.2, 0) is 16.0 Å². The van der Waals surface area contributed by atoms with Crippen molar-refractivity contribution < 1.29 is 14.3 Å². The highest BCUT2D eigenvalue weighted by molar-refractivity contribution is 6.00. The van der Waals surface area contributed by atoms with E-state index in [0.717, 1.165) is 16.8 Å². The van der Waals surface area contributed by atoms with Crippen molar-refractivity contribution in [3.63, 3.8) is 0 Å². The Morgan fingerprint density at radius 2 is 2.18 bits per heavy atom. The Balaban J connectivity index is 1.85. The van der Waals surface area contributed by atoms with E-state index in [1.807, 2.05) is 39.0 Å². The topological polar surface area (TPSA) is 67.4 Å². The van der Waals surface area contributed by atoms with E-state index in [1.54, 1.807) is 0 Å². The van der Waals surface area contributed by atoms with Gasteiger partial charge in [-0.3, -0.25) is 4.79 Å². The fourth-order valence-corrected chi connectivity index (χ4v) is 2.05. The van der Waals surface area contributed by atoms with Crippen LogP contribution in [0, 0.1) is 11.8 Å². The Bertz CT molecular complexity index is 648. The first-order valence-electron chi connectivity index (χ1n) is 7.22. The molecular formula is C17H20N2O3. The van der Waals surface area contributed by atoms with Gasteiger partial charge in [-0.25, -0.2) is 4.79 Å². The summed E-state index contributed by atoms with van der Waals surface area (Å²) < 4.78 is 5.13. The number of alkyl carbamates (subject to hydrolysis) is 1. The molecule has 0 bridgehead atoms. The van der Waals surface area contributed by atoms with E-state index in [9.17, 15) is 9.59 Å². The lowest BCUT2D eigenvalue weighted by Gasteiger charge is -2.19. The van der Waals surface area contributed by atoms with E-state index in [-0.39, 0.29) is 5.91 Å². The zero-order chi connectivity index (χ0) is 16.2. The SMILES string of the molecule is CC(C)(C)OC(=O)NCCC#Cc1cccc2c1NC(=O)C2. The molecule has 0 saturated heterocycles. The summed E-state index contributed by atoms with van der Waals surface area (Å²) in [6.45, 7) is 5.87. The van der Waals surface area contributed by atoms with E-state index < -0.39 is 11.7 Å². The molecule has 0 aromatic heterocycles. The molecule has 2 amide bonds. The molecule has 0 saturated carbocycles. The quantitative estimate of drug-likeness (QED) is 0.651. The van der Waals surface area contributed by atoms with Gasteiger partial charge in [0, 0.05) is 18.5 Å². The molecule has 0 spiro atoms. The van der Waals surface area contributed by atoms with Crippen molar-refractivity contribution in [3.05, 3.63) is 29.3 Å². The Morgan fingerprint density at radius 1 is 1.41 bits per heavy atom. The van der Waals surface area contributed by atoms with Crippen LogP contribution in [0.1, 0.15) is 38.3 Å². The van der Waals surface area contributed by atoms with Crippen LogP contribution in [0.2, 0.25) is 0 Å². The number of hydrogen-bond donors (Lipinski definition) is 2. The lowest BCUT2D eigenvalue weighted by molar-refractivity contribution is -0.115. The number of para-hydroxylation sites is 1. The molecule has 2 N–H and O–H groups in total. The van der Waals surface area contributed by atoms with Crippen molar-refractivity contribution in [1.82, 2.24) is 5.32 Å². The van der Waals surface area contributed by atoms with Gasteiger partial charge in [0.15, 0.2) is 0 Å². The van der Waals surface area contributed by atoms with Crippen LogP contribution >= 0.6 is 0 Å². The fraction of sp³-hybridized carbons (Fsp3) is 0.412. The molecule has 5 heteroatoms. The Labute approximate surface area is 130 Å². The first-order valence-corrected chi connectivity index (χ1v) is 7.22. The van der Waals surface area contributed by atoms with Gasteiger partial charge in [-0.1, -0.05) is 24.0 Å². The molecular weight excluding hydrogens is 280 g/mol. The molecule has 22 heavy (non-hydrogen) atoms. The molecule has 0 atom stereocenters. The van der Waals surface area contributed by atoms with Crippen LogP contribution in [0.5, 0.6) is 0 Å². The minimum atomic E-state index is -0.501. The highest BCUT2D eigenvalue weighted by Crippen LogP contribution is 2.26. The van der Waals surface area contributed by atoms with Crippen LogP contribution < -0.4 is 10.6 Å². The lowest BCUT2D eigenvalue weighted by Crippen LogP contribution is -2.32. The molecule has 0 unspecified atom stereocenters. The number of fused-ring (bicyclic) bond motifs is 1. The maximum atomic E-state index is 11.5. The summed E-state index contributed by atoms with van der Waals surface area (Å²) in [7, 11) is 0. The second-order valence-electron chi connectivity index (χ2n) is 6.05. The van der Waals surface area contributed by atoms with Gasteiger partial charge >= 0.3 is 6.09 Å². The standard InChI is InChI=1S/C17H20N2O3/c1-17(2,3)22-16(21)18-10-5-4-7-12-8-6-9-13-11-14(20)19-15(12)13/h6,8-9H,5,10-11H2,1-3H3,(H,18,21)(H,19,20). The zero-order valence-corrected chi connectivity index (χ0v) is 13.1. The average molecular weight is 300 g/mol. The van der Waals surface area contributed by atoms with Crippen molar-refractivity contribution in [2.75, 3.05) is 11.9 Å². The molecule has 2 rings (SSSR count). The third kappa shape index (κ3) is 4.52. The van der Waals surface area contributed by atoms with Crippen LogP contribution in [0.3, 0.4) is 0 Å². The van der Waals surface area contributed by atoms with Gasteiger partial charge in [0.1, 0.15) is 5.60 Å². The van der Waals surface area contributed by atoms with E-state index in [4.69, 9.17) is 4.74 Å². The van der Waals surface area contributed by atoms with Gasteiger partial charge in [0.2, 0.25) is 5.91 Å². The predicted molar refractivity (Wildman–Crippen MR) is 84.5 cm³/mol. The first kappa shape index (κ1) is 15.9. The smallest absolute Gasteiger partial charge is 0.407 e. The highest BCUT2D eigenvalue weighted by Gasteiger charge is 2.19. The van der Waals surface area contributed by atoms with Crippen molar-refractivity contribution >= 4 is 17.7 Å². The van der Waals surface area contributed by atoms with E-state index in [0.29, 0.717) is 19.4 Å². The number of benzene rings is 1. The summed E-state index contributed by atoms with van der Waals surface area (Å²) in [6, 6.07) is 5.68. The third-order valence-corrected chi connectivity index (χ3v) is 2.91. The maximum absolute atomic E-state index is 11.5. The molecule has 0 aliphatic carbocycles. The number of carbonyl (C=O) groups is 2. The number of ether oxygens (including phenoxy) is 1. The van der Waals surface area contributed by atoms with E-state index in [1.165, 1.54) is 0 Å². The second kappa shape index (κ2) is 6.52. The van der Waals surface area contributed by atoms with Gasteiger partial charge in [-0.05, 0) is 32.4 Å². The maximum Gasteiger partial charge on any atom is 0.407 e. The molecule has 5 nitrogen and oxygen atoms in total. The molecule has 1 aliphatic heterocycles. The molecule has 1 aliphatic rings. The van der Waals surface area contributed by atoms with Gasteiger partial charge < -0.3 is 15.4 Å². The van der Waals surface area contributed by atoms with Crippen LogP contribution in [0.15, 0.2) is 18.2 Å². The van der Waals surface area contributed by atoms with Crippen molar-refractivity contribution in [2.45, 2.75) is 39.2 Å². The molecule has 1 heterocycles. The number of hydrogen-bond acceptors (Lipinski definition) is 3. The number of carbonyl (C=O) groups excluding carboxylic acids is 2. The molecule has 0 fully saturated rings. The first-order chi connectivity index (χ1) is 10.3. The van der Waals surface area contributed by atoms with Gasteiger partial charge in [0.25, 0.3) is 0 Å². The van der Waals surface area contributed by atoms with Crippen LogP contribution in [0.25, 0.3) is 0 Å². The molecule has 0 radical (unpaired) electrons. The summed E-state index contributed by atoms with van der Waals surface area (Å²) in [4.78, 5) is 22.8. The number of anilines is 1. The van der Waals surface area contributed by atoms with E-state index >= 15 is 0 Å². The largest absolute Gasteiger partial charge is 0.444 e. The molecule has 1 aromatic carbocycles. The summed E-state index contributed by atoms with van der Waals surface area (Å²) >= 11 is 0. The number of rotatable bonds is 2. The zero-order valence-electron chi connectivity index (χ0n) is 13.1. The molecule has 1 aromatic rings. The predicted octanol–water partition coefficient (Wildman–Crippen LogP) is 2.45. The minimum Gasteiger partial charge on any atom is -0.444 e.